The summed E-state index contributed by atoms with van der Waals surface area (Å²) < 4.78 is 0. The number of hydrogen-bond donors (Lipinski definition) is 1. The second kappa shape index (κ2) is 7.76. The molecule has 0 radical (unpaired) electrons. The summed E-state index contributed by atoms with van der Waals surface area (Å²) in [7, 11) is 0. The number of aryl methyl sites for hydroxylation is 2. The Bertz CT molecular complexity index is 1080. The number of benzene rings is 3. The molecule has 3 aromatic rings. The van der Waals surface area contributed by atoms with Crippen molar-refractivity contribution in [1.82, 2.24) is 0 Å². The van der Waals surface area contributed by atoms with Gasteiger partial charge >= 0.3 is 0 Å². The number of anilines is 2. The van der Waals surface area contributed by atoms with E-state index in [0.717, 1.165) is 17.7 Å². The molecular formula is C25H22N2O2. The molecule has 1 N–H and O–H groups in total. The lowest BCUT2D eigenvalue weighted by Crippen LogP contribution is -2.32. The van der Waals surface area contributed by atoms with Crippen molar-refractivity contribution in [3.8, 4) is 0 Å². The van der Waals surface area contributed by atoms with Gasteiger partial charge in [0.25, 0.3) is 11.8 Å². The Labute approximate surface area is 170 Å². The fraction of sp³-hybridized carbons (Fsp3) is 0.120. The molecule has 4 rings (SSSR count). The molecule has 0 fully saturated rings. The highest BCUT2D eigenvalue weighted by Gasteiger charge is 2.40. The van der Waals surface area contributed by atoms with Crippen molar-refractivity contribution in [3.63, 3.8) is 0 Å². The fourth-order valence-electron chi connectivity index (χ4n) is 3.41. The van der Waals surface area contributed by atoms with E-state index in [1.54, 1.807) is 12.1 Å². The lowest BCUT2D eigenvalue weighted by atomic mass is 10.0. The molecule has 1 aliphatic heterocycles. The maximum Gasteiger partial charge on any atom is 0.282 e. The molecule has 144 valence electrons. The summed E-state index contributed by atoms with van der Waals surface area (Å²) in [6.07, 6.45) is 0.941. The Morgan fingerprint density at radius 1 is 0.793 bits per heavy atom. The SMILES string of the molecule is CCc1ccc(NC2=C(c3ccccc3)C(=O)N(c3ccc(C)cc3)C2=O)cc1. The van der Waals surface area contributed by atoms with Gasteiger partial charge in [0, 0.05) is 5.69 Å². The number of nitrogens with one attached hydrogen (secondary N) is 1. The molecular weight excluding hydrogens is 360 g/mol. The monoisotopic (exact) mass is 382 g/mol. The van der Waals surface area contributed by atoms with E-state index in [9.17, 15) is 9.59 Å². The highest BCUT2D eigenvalue weighted by Crippen LogP contribution is 2.33. The summed E-state index contributed by atoms with van der Waals surface area (Å²) in [4.78, 5) is 27.8. The third kappa shape index (κ3) is 3.57. The van der Waals surface area contributed by atoms with E-state index in [0.29, 0.717) is 22.5 Å². The van der Waals surface area contributed by atoms with Crippen molar-refractivity contribution in [1.29, 1.82) is 0 Å². The van der Waals surface area contributed by atoms with E-state index < -0.39 is 0 Å². The maximum atomic E-state index is 13.3. The molecule has 0 saturated carbocycles. The highest BCUT2D eigenvalue weighted by atomic mass is 16.2. The topological polar surface area (TPSA) is 49.4 Å². The molecule has 0 spiro atoms. The van der Waals surface area contributed by atoms with Crippen LogP contribution in [0.1, 0.15) is 23.6 Å². The first-order valence-corrected chi connectivity index (χ1v) is 9.69. The zero-order valence-corrected chi connectivity index (χ0v) is 16.5. The van der Waals surface area contributed by atoms with Gasteiger partial charge in [-0.3, -0.25) is 9.59 Å². The van der Waals surface area contributed by atoms with E-state index >= 15 is 0 Å². The van der Waals surface area contributed by atoms with Crippen molar-refractivity contribution in [2.24, 2.45) is 0 Å². The van der Waals surface area contributed by atoms with Crippen LogP contribution in [0.5, 0.6) is 0 Å². The predicted octanol–water partition coefficient (Wildman–Crippen LogP) is 4.95. The molecule has 0 atom stereocenters. The van der Waals surface area contributed by atoms with Crippen LogP contribution in [0.4, 0.5) is 11.4 Å². The van der Waals surface area contributed by atoms with Crippen molar-refractivity contribution < 1.29 is 9.59 Å². The molecule has 1 heterocycles. The minimum absolute atomic E-state index is 0.297. The summed E-state index contributed by atoms with van der Waals surface area (Å²) in [6.45, 7) is 4.06. The Kier molecular flexibility index (Phi) is 5.00. The molecule has 0 aromatic heterocycles. The number of imide groups is 1. The molecule has 0 bridgehead atoms. The number of amides is 2. The maximum absolute atomic E-state index is 13.3. The van der Waals surface area contributed by atoms with Gasteiger partial charge in [0.1, 0.15) is 5.70 Å². The average Bonchev–Trinajstić information content (AvgIpc) is 2.99. The second-order valence-electron chi connectivity index (χ2n) is 7.07. The van der Waals surface area contributed by atoms with Gasteiger partial charge in [-0.1, -0.05) is 67.1 Å². The number of nitrogens with zero attached hydrogens (tertiary/aromatic N) is 1. The lowest BCUT2D eigenvalue weighted by molar-refractivity contribution is -0.120. The molecule has 2 amide bonds. The van der Waals surface area contributed by atoms with Gasteiger partial charge in [-0.2, -0.15) is 0 Å². The van der Waals surface area contributed by atoms with Crippen LogP contribution >= 0.6 is 0 Å². The quantitative estimate of drug-likeness (QED) is 0.635. The number of hydrogen-bond acceptors (Lipinski definition) is 3. The average molecular weight is 382 g/mol. The molecule has 4 nitrogen and oxygen atoms in total. The molecule has 4 heteroatoms. The summed E-state index contributed by atoms with van der Waals surface area (Å²) >= 11 is 0. The normalized spacial score (nSPS) is 13.9. The zero-order chi connectivity index (χ0) is 20.4. The Hall–Kier alpha value is -3.66. The summed E-state index contributed by atoms with van der Waals surface area (Å²) in [5.74, 6) is -0.671. The molecule has 1 aliphatic rings. The van der Waals surface area contributed by atoms with Crippen molar-refractivity contribution in [2.75, 3.05) is 10.2 Å². The van der Waals surface area contributed by atoms with Crippen LogP contribution < -0.4 is 10.2 Å². The molecule has 0 aliphatic carbocycles. The number of carbonyl (C=O) groups excluding carboxylic acids is 2. The van der Waals surface area contributed by atoms with Crippen LogP contribution in [0.2, 0.25) is 0 Å². The van der Waals surface area contributed by atoms with Crippen molar-refractivity contribution in [3.05, 3.63) is 101 Å². The van der Waals surface area contributed by atoms with Gasteiger partial charge in [-0.25, -0.2) is 4.90 Å². The first kappa shape index (κ1) is 18.7. The second-order valence-corrected chi connectivity index (χ2v) is 7.07. The third-order valence-electron chi connectivity index (χ3n) is 5.07. The Balaban J connectivity index is 1.77. The largest absolute Gasteiger partial charge is 0.350 e. The zero-order valence-electron chi connectivity index (χ0n) is 16.5. The van der Waals surface area contributed by atoms with Gasteiger partial charge in [0.05, 0.1) is 11.3 Å². The first-order chi connectivity index (χ1) is 14.1. The Morgan fingerprint density at radius 3 is 2.07 bits per heavy atom. The molecule has 3 aromatic carbocycles. The lowest BCUT2D eigenvalue weighted by Gasteiger charge is -2.15. The summed E-state index contributed by atoms with van der Waals surface area (Å²) in [6, 6.07) is 24.6. The number of carbonyl (C=O) groups is 2. The van der Waals surface area contributed by atoms with Crippen LogP contribution in [-0.4, -0.2) is 11.8 Å². The first-order valence-electron chi connectivity index (χ1n) is 9.69. The van der Waals surface area contributed by atoms with Gasteiger partial charge in [-0.15, -0.1) is 0 Å². The molecule has 29 heavy (non-hydrogen) atoms. The highest BCUT2D eigenvalue weighted by molar-refractivity contribution is 6.46. The summed E-state index contributed by atoms with van der Waals surface area (Å²) in [5.41, 5.74) is 5.02. The van der Waals surface area contributed by atoms with Gasteiger partial charge in [-0.05, 0) is 48.7 Å². The van der Waals surface area contributed by atoms with Crippen LogP contribution in [0.15, 0.2) is 84.6 Å². The fourth-order valence-corrected chi connectivity index (χ4v) is 3.41. The van der Waals surface area contributed by atoms with Crippen LogP contribution in [-0.2, 0) is 16.0 Å². The third-order valence-corrected chi connectivity index (χ3v) is 5.07. The van der Waals surface area contributed by atoms with Crippen LogP contribution in [0.3, 0.4) is 0 Å². The molecule has 0 saturated heterocycles. The molecule has 0 unspecified atom stereocenters. The Morgan fingerprint density at radius 2 is 1.45 bits per heavy atom. The minimum Gasteiger partial charge on any atom is -0.350 e. The van der Waals surface area contributed by atoms with E-state index in [-0.39, 0.29) is 11.8 Å². The van der Waals surface area contributed by atoms with Crippen molar-refractivity contribution >= 4 is 28.8 Å². The predicted molar refractivity (Wildman–Crippen MR) is 116 cm³/mol. The standard InChI is InChI=1S/C25H22N2O2/c1-3-18-11-13-20(14-12-18)26-23-22(19-7-5-4-6-8-19)24(28)27(25(23)29)21-15-9-17(2)10-16-21/h4-16,26H,3H2,1-2H3. The van der Waals surface area contributed by atoms with Gasteiger partial charge in [0.2, 0.25) is 0 Å². The smallest absolute Gasteiger partial charge is 0.282 e. The summed E-state index contributed by atoms with van der Waals surface area (Å²) in [5, 5.41) is 3.20. The number of rotatable bonds is 5. The van der Waals surface area contributed by atoms with Crippen LogP contribution in [0.25, 0.3) is 5.57 Å². The van der Waals surface area contributed by atoms with Gasteiger partial charge in [0.15, 0.2) is 0 Å². The van der Waals surface area contributed by atoms with Crippen LogP contribution in [0, 0.1) is 6.92 Å². The van der Waals surface area contributed by atoms with E-state index in [4.69, 9.17) is 0 Å². The van der Waals surface area contributed by atoms with E-state index in [2.05, 4.69) is 12.2 Å². The van der Waals surface area contributed by atoms with E-state index in [1.165, 1.54) is 10.5 Å². The van der Waals surface area contributed by atoms with E-state index in [1.807, 2.05) is 73.7 Å². The van der Waals surface area contributed by atoms with Crippen molar-refractivity contribution in [2.45, 2.75) is 20.3 Å². The minimum atomic E-state index is -0.350. The van der Waals surface area contributed by atoms with Gasteiger partial charge < -0.3 is 5.32 Å².